The number of fused-ring (bicyclic) bond motifs is 2. The fourth-order valence-corrected chi connectivity index (χ4v) is 5.53. The number of aromatic amines is 2. The van der Waals surface area contributed by atoms with Gasteiger partial charge in [0.15, 0.2) is 17.3 Å². The zero-order valence-corrected chi connectivity index (χ0v) is 22.4. The van der Waals surface area contributed by atoms with Crippen LogP contribution in [0.15, 0.2) is 55.0 Å². The van der Waals surface area contributed by atoms with Gasteiger partial charge < -0.3 is 10.3 Å². The highest BCUT2D eigenvalue weighted by molar-refractivity contribution is 7.17. The molecule has 0 unspecified atom stereocenters. The van der Waals surface area contributed by atoms with Gasteiger partial charge in [-0.05, 0) is 68.7 Å². The van der Waals surface area contributed by atoms with Crippen LogP contribution in [0.3, 0.4) is 0 Å². The fraction of sp³-hybridized carbons (Fsp3) is 0.207. The number of nitrogens with zero attached hydrogens (tertiary/aromatic N) is 4. The number of rotatable bonds is 7. The van der Waals surface area contributed by atoms with Crippen LogP contribution in [0.5, 0.6) is 0 Å². The molecule has 0 aliphatic heterocycles. The lowest BCUT2D eigenvalue weighted by molar-refractivity contribution is 0.102. The van der Waals surface area contributed by atoms with Crippen molar-refractivity contribution in [3.8, 4) is 33.1 Å². The largest absolute Gasteiger partial charge is 0.383 e. The number of carbonyl (C=O) groups excluding carboxylic acids is 1. The minimum absolute atomic E-state index is 0.0490. The van der Waals surface area contributed by atoms with Crippen molar-refractivity contribution in [1.82, 2.24) is 30.1 Å². The van der Waals surface area contributed by atoms with Crippen LogP contribution < -0.4 is 5.32 Å². The molecule has 8 nitrogen and oxygen atoms in total. The fourth-order valence-electron chi connectivity index (χ4n) is 4.62. The summed E-state index contributed by atoms with van der Waals surface area (Å²) in [6.07, 6.45) is 6.36. The van der Waals surface area contributed by atoms with E-state index in [-0.39, 0.29) is 5.78 Å². The molecule has 6 aromatic rings. The monoisotopic (exact) mass is 521 g/mol. The zero-order valence-electron chi connectivity index (χ0n) is 21.6. The Morgan fingerprint density at radius 3 is 2.71 bits per heavy atom. The van der Waals surface area contributed by atoms with Gasteiger partial charge in [0.2, 0.25) is 0 Å². The molecule has 5 aromatic heterocycles. The topological polar surface area (TPSA) is 112 Å². The van der Waals surface area contributed by atoms with Crippen molar-refractivity contribution < 1.29 is 4.79 Å². The van der Waals surface area contributed by atoms with E-state index < -0.39 is 0 Å². The summed E-state index contributed by atoms with van der Waals surface area (Å²) in [4.78, 5) is 30.9. The Morgan fingerprint density at radius 1 is 1.08 bits per heavy atom. The number of H-pyrrole nitrogens is 2. The summed E-state index contributed by atoms with van der Waals surface area (Å²) in [5.41, 5.74) is 8.34. The summed E-state index contributed by atoms with van der Waals surface area (Å²) in [6, 6.07) is 12.8. The number of ketones is 1. The number of hydrogen-bond acceptors (Lipinski definition) is 7. The van der Waals surface area contributed by atoms with Crippen LogP contribution in [-0.4, -0.2) is 42.0 Å². The van der Waals surface area contributed by atoms with Gasteiger partial charge in [0.25, 0.3) is 0 Å². The van der Waals surface area contributed by atoms with Crippen LogP contribution >= 0.6 is 11.3 Å². The molecule has 0 saturated heterocycles. The Labute approximate surface area is 223 Å². The van der Waals surface area contributed by atoms with E-state index in [0.717, 1.165) is 55.8 Å². The van der Waals surface area contributed by atoms with Crippen LogP contribution in [0.4, 0.5) is 5.69 Å². The van der Waals surface area contributed by atoms with Crippen molar-refractivity contribution in [3.63, 3.8) is 0 Å². The predicted octanol–water partition coefficient (Wildman–Crippen LogP) is 6.88. The number of thiophene rings is 1. The van der Waals surface area contributed by atoms with Crippen molar-refractivity contribution in [1.29, 1.82) is 0 Å². The first-order valence-corrected chi connectivity index (χ1v) is 13.4. The van der Waals surface area contributed by atoms with Gasteiger partial charge in [-0.25, -0.2) is 9.97 Å². The number of Topliss-reactive ketones (excluding diaryl/α,β-unsaturated/α-hetero) is 1. The number of benzene rings is 1. The first-order chi connectivity index (χ1) is 18.4. The second kappa shape index (κ2) is 9.50. The van der Waals surface area contributed by atoms with E-state index in [4.69, 9.17) is 4.98 Å². The minimum Gasteiger partial charge on any atom is -0.383 e. The van der Waals surface area contributed by atoms with Crippen molar-refractivity contribution in [2.75, 3.05) is 5.32 Å². The molecule has 5 heterocycles. The Bertz CT molecular complexity index is 1810. The molecular formula is C29H27N7OS. The number of nitrogens with one attached hydrogen (secondary N) is 3. The van der Waals surface area contributed by atoms with Gasteiger partial charge in [0.1, 0.15) is 11.2 Å². The van der Waals surface area contributed by atoms with Crippen LogP contribution in [0.1, 0.15) is 42.9 Å². The molecule has 0 bridgehead atoms. The lowest BCUT2D eigenvalue weighted by Gasteiger charge is -2.13. The maximum absolute atomic E-state index is 11.8. The number of anilines is 1. The Kier molecular flexibility index (Phi) is 6.00. The van der Waals surface area contributed by atoms with Gasteiger partial charge in [-0.15, -0.1) is 11.3 Å². The van der Waals surface area contributed by atoms with E-state index in [1.165, 1.54) is 16.9 Å². The van der Waals surface area contributed by atoms with Crippen LogP contribution in [-0.2, 0) is 6.42 Å². The highest BCUT2D eigenvalue weighted by atomic mass is 32.1. The van der Waals surface area contributed by atoms with Crippen LogP contribution in [0.25, 0.3) is 55.2 Å². The molecule has 1 aromatic carbocycles. The maximum Gasteiger partial charge on any atom is 0.181 e. The van der Waals surface area contributed by atoms with Gasteiger partial charge in [0, 0.05) is 40.1 Å². The lowest BCUT2D eigenvalue weighted by atomic mass is 10.0. The molecule has 0 atom stereocenters. The quantitative estimate of drug-likeness (QED) is 0.198. The number of hydrogen-bond donors (Lipinski definition) is 3. The number of aromatic nitrogens is 6. The van der Waals surface area contributed by atoms with Crippen molar-refractivity contribution in [2.24, 2.45) is 0 Å². The molecular weight excluding hydrogens is 494 g/mol. The van der Waals surface area contributed by atoms with Crippen molar-refractivity contribution in [2.45, 2.75) is 40.2 Å². The summed E-state index contributed by atoms with van der Waals surface area (Å²) in [5.74, 6) is 0.705. The van der Waals surface area contributed by atoms with Gasteiger partial charge in [-0.2, -0.15) is 5.10 Å². The SMILES string of the molecule is CCc1cc(NC(C)C)cc(-c2cnc3n[nH]c(-c4nc5c(-c6ccc(C(C)=O)s6)cncc5[nH]4)c3c2)c1. The molecule has 0 fully saturated rings. The van der Waals surface area contributed by atoms with Crippen LogP contribution in [0, 0.1) is 0 Å². The van der Waals surface area contributed by atoms with E-state index in [1.54, 1.807) is 19.3 Å². The molecule has 6 rings (SSSR count). The Morgan fingerprint density at radius 2 is 1.95 bits per heavy atom. The summed E-state index contributed by atoms with van der Waals surface area (Å²) >= 11 is 1.45. The number of carbonyl (C=O) groups is 1. The van der Waals surface area contributed by atoms with Gasteiger partial charge >= 0.3 is 0 Å². The number of imidazole rings is 1. The highest BCUT2D eigenvalue weighted by Gasteiger charge is 2.18. The van der Waals surface area contributed by atoms with Crippen molar-refractivity contribution >= 4 is 44.9 Å². The lowest BCUT2D eigenvalue weighted by Crippen LogP contribution is -2.09. The molecule has 3 N–H and O–H groups in total. The molecule has 0 radical (unpaired) electrons. The first kappa shape index (κ1) is 24.0. The molecule has 9 heteroatoms. The highest BCUT2D eigenvalue weighted by Crippen LogP contribution is 2.35. The summed E-state index contributed by atoms with van der Waals surface area (Å²) < 4.78 is 0. The third-order valence-electron chi connectivity index (χ3n) is 6.45. The summed E-state index contributed by atoms with van der Waals surface area (Å²) in [5, 5.41) is 12.0. The normalized spacial score (nSPS) is 11.6. The zero-order chi connectivity index (χ0) is 26.4. The van der Waals surface area contributed by atoms with Crippen LogP contribution in [0.2, 0.25) is 0 Å². The number of aryl methyl sites for hydroxylation is 1. The third kappa shape index (κ3) is 4.35. The number of pyridine rings is 2. The Balaban J connectivity index is 1.44. The molecule has 0 saturated carbocycles. The second-order valence-electron chi connectivity index (χ2n) is 9.65. The summed E-state index contributed by atoms with van der Waals surface area (Å²) in [7, 11) is 0. The minimum atomic E-state index is 0.0490. The third-order valence-corrected chi connectivity index (χ3v) is 7.67. The predicted molar refractivity (Wildman–Crippen MR) is 154 cm³/mol. The van der Waals surface area contributed by atoms with Crippen molar-refractivity contribution in [3.05, 3.63) is 65.4 Å². The van der Waals surface area contributed by atoms with Gasteiger partial charge in [-0.1, -0.05) is 13.0 Å². The average molecular weight is 522 g/mol. The Hall–Kier alpha value is -4.37. The molecule has 38 heavy (non-hydrogen) atoms. The maximum atomic E-state index is 11.8. The van der Waals surface area contributed by atoms with E-state index >= 15 is 0 Å². The van der Waals surface area contributed by atoms with E-state index in [2.05, 4.69) is 75.5 Å². The molecule has 0 amide bonds. The summed E-state index contributed by atoms with van der Waals surface area (Å²) in [6.45, 7) is 8.01. The first-order valence-electron chi connectivity index (χ1n) is 12.6. The van der Waals surface area contributed by atoms with E-state index in [1.807, 2.05) is 18.3 Å². The van der Waals surface area contributed by atoms with E-state index in [9.17, 15) is 4.79 Å². The second-order valence-corrected chi connectivity index (χ2v) is 10.7. The van der Waals surface area contributed by atoms with Gasteiger partial charge in [-0.3, -0.25) is 14.9 Å². The van der Waals surface area contributed by atoms with Gasteiger partial charge in [0.05, 0.1) is 22.0 Å². The molecule has 0 aliphatic rings. The molecule has 190 valence electrons. The molecule has 0 aliphatic carbocycles. The standard InChI is InChI=1S/C29H27N7OS/c1-5-17-8-18(10-20(9-17)32-15(2)3)19-11-21-27(35-36-28(21)31-12-19)29-33-23-14-30-13-22(26(23)34-29)25-7-6-24(38-25)16(4)37/h6-15,32H,5H2,1-4H3,(H,33,34)(H,31,35,36). The molecule has 0 spiro atoms. The van der Waals surface area contributed by atoms with E-state index in [0.29, 0.717) is 22.4 Å². The average Bonchev–Trinajstić information content (AvgIpc) is 3.65. The smallest absolute Gasteiger partial charge is 0.181 e.